The normalized spacial score (nSPS) is 11.6. The maximum absolute atomic E-state index is 12.8. The maximum atomic E-state index is 12.8. The number of amides is 1. The molecule has 1 heterocycles. The number of benzene rings is 3. The van der Waals surface area contributed by atoms with Gasteiger partial charge in [0.25, 0.3) is 15.9 Å². The lowest BCUT2D eigenvalue weighted by molar-refractivity contribution is 0.102. The van der Waals surface area contributed by atoms with E-state index < -0.39 is 26.0 Å². The number of anilines is 3. The highest BCUT2D eigenvalue weighted by molar-refractivity contribution is 7.92. The Hall–Kier alpha value is -4.00. The van der Waals surface area contributed by atoms with Crippen LogP contribution in [0.2, 0.25) is 5.02 Å². The molecule has 13 heteroatoms. The Bertz CT molecular complexity index is 1700. The molecule has 202 valence electrons. The Labute approximate surface area is 231 Å². The number of sulfonamides is 2. The van der Waals surface area contributed by atoms with Gasteiger partial charge >= 0.3 is 0 Å². The summed E-state index contributed by atoms with van der Waals surface area (Å²) in [6, 6.07) is 20.2. The van der Waals surface area contributed by atoms with Gasteiger partial charge in [-0.25, -0.2) is 31.5 Å². The lowest BCUT2D eigenvalue weighted by Gasteiger charge is -2.23. The molecule has 0 bridgehead atoms. The van der Waals surface area contributed by atoms with Crippen molar-refractivity contribution in [3.8, 4) is 0 Å². The smallest absolute Gasteiger partial charge is 0.264 e. The van der Waals surface area contributed by atoms with Gasteiger partial charge in [0.2, 0.25) is 16.0 Å². The summed E-state index contributed by atoms with van der Waals surface area (Å²) in [4.78, 5) is 20.7. The van der Waals surface area contributed by atoms with Gasteiger partial charge in [0.05, 0.1) is 23.4 Å². The number of aryl methyl sites for hydroxylation is 1. The third kappa shape index (κ3) is 7.31. The van der Waals surface area contributed by atoms with Crippen LogP contribution in [0, 0.1) is 6.92 Å². The Balaban J connectivity index is 1.44. The highest BCUT2D eigenvalue weighted by atomic mass is 35.5. The monoisotopic (exact) mass is 585 g/mol. The summed E-state index contributed by atoms with van der Waals surface area (Å²) in [6.07, 6.45) is 2.56. The van der Waals surface area contributed by atoms with Gasteiger partial charge in [-0.1, -0.05) is 23.7 Å². The van der Waals surface area contributed by atoms with E-state index in [1.54, 1.807) is 49.4 Å². The number of nitrogens with one attached hydrogen (secondary N) is 2. The van der Waals surface area contributed by atoms with Crippen LogP contribution in [0.15, 0.2) is 90.0 Å². The minimum absolute atomic E-state index is 0.0310. The number of nitrogens with zero attached hydrogens (tertiary/aromatic N) is 3. The number of carbonyl (C=O) groups excluding carboxylic acids is 1. The van der Waals surface area contributed by atoms with Crippen LogP contribution >= 0.6 is 11.6 Å². The zero-order valence-corrected chi connectivity index (χ0v) is 23.3. The minimum Gasteiger partial charge on any atom is -0.322 e. The Morgan fingerprint density at radius 3 is 2.13 bits per heavy atom. The van der Waals surface area contributed by atoms with E-state index in [1.807, 2.05) is 0 Å². The molecule has 0 aliphatic heterocycles. The van der Waals surface area contributed by atoms with Gasteiger partial charge in [-0.2, -0.15) is 0 Å². The fourth-order valence-corrected chi connectivity index (χ4v) is 5.50. The molecule has 0 atom stereocenters. The van der Waals surface area contributed by atoms with E-state index in [4.69, 9.17) is 11.6 Å². The summed E-state index contributed by atoms with van der Waals surface area (Å²) < 4.78 is 53.7. The van der Waals surface area contributed by atoms with Crippen LogP contribution in [0.4, 0.5) is 17.3 Å². The Morgan fingerprint density at radius 2 is 1.54 bits per heavy atom. The largest absolute Gasteiger partial charge is 0.322 e. The Kier molecular flexibility index (Phi) is 8.19. The van der Waals surface area contributed by atoms with Crippen molar-refractivity contribution in [2.45, 2.75) is 18.4 Å². The first-order valence-electron chi connectivity index (χ1n) is 11.5. The molecule has 3 aromatic carbocycles. The van der Waals surface area contributed by atoms with E-state index in [-0.39, 0.29) is 23.0 Å². The molecule has 10 nitrogen and oxygen atoms in total. The van der Waals surface area contributed by atoms with Crippen molar-refractivity contribution in [1.29, 1.82) is 0 Å². The van der Waals surface area contributed by atoms with Gasteiger partial charge in [0.15, 0.2) is 0 Å². The number of rotatable bonds is 9. The van der Waals surface area contributed by atoms with Crippen LogP contribution in [0.5, 0.6) is 0 Å². The first kappa shape index (κ1) is 28.0. The topological polar surface area (TPSA) is 138 Å². The van der Waals surface area contributed by atoms with Gasteiger partial charge in [0, 0.05) is 28.2 Å². The van der Waals surface area contributed by atoms with Crippen LogP contribution in [0.3, 0.4) is 0 Å². The average molecular weight is 586 g/mol. The van der Waals surface area contributed by atoms with Crippen LogP contribution in [-0.2, 0) is 26.6 Å². The summed E-state index contributed by atoms with van der Waals surface area (Å²) in [6.45, 7) is 1.81. The predicted molar refractivity (Wildman–Crippen MR) is 151 cm³/mol. The highest BCUT2D eigenvalue weighted by Gasteiger charge is 2.19. The quantitative estimate of drug-likeness (QED) is 0.296. The summed E-state index contributed by atoms with van der Waals surface area (Å²) in [5.74, 6) is -0.495. The van der Waals surface area contributed by atoms with Gasteiger partial charge < -0.3 is 5.32 Å². The summed E-state index contributed by atoms with van der Waals surface area (Å²) >= 11 is 5.92. The average Bonchev–Trinajstić information content (AvgIpc) is 2.88. The molecule has 39 heavy (non-hydrogen) atoms. The van der Waals surface area contributed by atoms with Crippen molar-refractivity contribution < 1.29 is 21.6 Å². The number of carbonyl (C=O) groups is 1. The maximum Gasteiger partial charge on any atom is 0.264 e. The van der Waals surface area contributed by atoms with Crippen molar-refractivity contribution in [2.75, 3.05) is 20.6 Å². The summed E-state index contributed by atoms with van der Waals surface area (Å²) in [7, 11) is -7.53. The first-order valence-corrected chi connectivity index (χ1v) is 15.2. The van der Waals surface area contributed by atoms with Crippen LogP contribution in [0.1, 0.15) is 21.6 Å². The standard InChI is InChI=1S/C26H24ClN5O5S2/c1-18-15-16-28-26(29-18)31-39(36,37)24-13-9-22(10-14-24)30-25(33)20-5-11-23(12-6-20)32(38(2,34)35)17-19-3-7-21(27)8-4-19/h3-16H,17H2,1-2H3,(H,30,33)(H,28,29,31). The number of hydrogen-bond acceptors (Lipinski definition) is 7. The molecule has 0 aliphatic rings. The lowest BCUT2D eigenvalue weighted by atomic mass is 10.1. The van der Waals surface area contributed by atoms with E-state index >= 15 is 0 Å². The number of aromatic nitrogens is 2. The van der Waals surface area contributed by atoms with Crippen molar-refractivity contribution in [3.05, 3.63) is 107 Å². The third-order valence-corrected chi connectivity index (χ3v) is 8.24. The third-order valence-electron chi connectivity index (χ3n) is 5.50. The SMILES string of the molecule is Cc1ccnc(NS(=O)(=O)c2ccc(NC(=O)c3ccc(N(Cc4ccc(Cl)cc4)S(C)(=O)=O)cc3)cc2)n1. The van der Waals surface area contributed by atoms with E-state index in [0.29, 0.717) is 22.1 Å². The molecule has 0 spiro atoms. The summed E-state index contributed by atoms with van der Waals surface area (Å²) in [5, 5.41) is 3.24. The second-order valence-corrected chi connectivity index (χ2v) is 12.6. The van der Waals surface area contributed by atoms with Crippen LogP contribution in [-0.4, -0.2) is 39.0 Å². The van der Waals surface area contributed by atoms with Crippen molar-refractivity contribution in [3.63, 3.8) is 0 Å². The molecule has 1 aromatic heterocycles. The molecule has 0 aliphatic carbocycles. The van der Waals surface area contributed by atoms with E-state index in [1.165, 1.54) is 46.9 Å². The van der Waals surface area contributed by atoms with Gasteiger partial charge in [-0.05, 0) is 79.2 Å². The molecular formula is C26H24ClN5O5S2. The molecular weight excluding hydrogens is 562 g/mol. The van der Waals surface area contributed by atoms with E-state index in [9.17, 15) is 21.6 Å². The molecule has 0 saturated carbocycles. The highest BCUT2D eigenvalue weighted by Crippen LogP contribution is 2.23. The second-order valence-electron chi connectivity index (χ2n) is 8.55. The van der Waals surface area contributed by atoms with Crippen molar-refractivity contribution in [1.82, 2.24) is 9.97 Å². The first-order chi connectivity index (χ1) is 18.4. The van der Waals surface area contributed by atoms with Gasteiger partial charge in [0.1, 0.15) is 0 Å². The van der Waals surface area contributed by atoms with E-state index in [0.717, 1.165) is 11.8 Å². The molecule has 0 radical (unpaired) electrons. The summed E-state index contributed by atoms with van der Waals surface area (Å²) in [5.41, 5.74) is 2.41. The van der Waals surface area contributed by atoms with Crippen LogP contribution < -0.4 is 14.3 Å². The van der Waals surface area contributed by atoms with E-state index in [2.05, 4.69) is 20.0 Å². The Morgan fingerprint density at radius 1 is 0.897 bits per heavy atom. The minimum atomic E-state index is -3.93. The van der Waals surface area contributed by atoms with Gasteiger partial charge in [-0.15, -0.1) is 0 Å². The zero-order valence-electron chi connectivity index (χ0n) is 20.9. The fraction of sp³-hybridized carbons (Fsp3) is 0.115. The van der Waals surface area contributed by atoms with Gasteiger partial charge in [-0.3, -0.25) is 9.10 Å². The predicted octanol–water partition coefficient (Wildman–Crippen LogP) is 4.46. The van der Waals surface area contributed by atoms with Crippen molar-refractivity contribution >= 4 is 54.9 Å². The fourth-order valence-electron chi connectivity index (χ4n) is 3.53. The second kappa shape index (κ2) is 11.4. The number of hydrogen-bond donors (Lipinski definition) is 2. The molecule has 0 saturated heterocycles. The van der Waals surface area contributed by atoms with Crippen molar-refractivity contribution in [2.24, 2.45) is 0 Å². The molecule has 0 unspecified atom stereocenters. The zero-order chi connectivity index (χ0) is 28.2. The molecule has 2 N–H and O–H groups in total. The molecule has 4 rings (SSSR count). The number of halogens is 1. The van der Waals surface area contributed by atoms with Crippen LogP contribution in [0.25, 0.3) is 0 Å². The molecule has 4 aromatic rings. The molecule has 1 amide bonds. The molecule has 0 fully saturated rings. The lowest BCUT2D eigenvalue weighted by Crippen LogP contribution is -2.29.